The monoisotopic (exact) mass is 207 g/mol. The number of hydrogen-bond acceptors (Lipinski definition) is 3. The van der Waals surface area contributed by atoms with Crippen LogP contribution in [0, 0.1) is 0 Å². The molecule has 0 saturated carbocycles. The fourth-order valence-corrected chi connectivity index (χ4v) is 1.98. The Balaban J connectivity index is 4.24. The highest BCUT2D eigenvalue weighted by molar-refractivity contribution is 7.51. The van der Waals surface area contributed by atoms with Crippen LogP contribution >= 0.6 is 7.75 Å². The summed E-state index contributed by atoms with van der Waals surface area (Å²) in [5, 5.41) is 2.65. The molecule has 4 nitrogen and oxygen atoms in total. The van der Waals surface area contributed by atoms with Gasteiger partial charge in [0.1, 0.15) is 0 Å². The van der Waals surface area contributed by atoms with Gasteiger partial charge in [-0.25, -0.2) is 4.57 Å². The van der Waals surface area contributed by atoms with Gasteiger partial charge in [-0.1, -0.05) is 5.57 Å². The molecule has 0 amide bonds. The topological polar surface area (TPSA) is 47.6 Å². The highest BCUT2D eigenvalue weighted by Gasteiger charge is 2.20. The molecule has 0 rings (SSSR count). The van der Waals surface area contributed by atoms with Crippen molar-refractivity contribution in [3.63, 3.8) is 0 Å². The molecule has 0 unspecified atom stereocenters. The Hall–Kier alpha value is -0.310. The van der Waals surface area contributed by atoms with Crippen molar-refractivity contribution in [2.75, 3.05) is 13.2 Å². The normalized spacial score (nSPS) is 11.1. The summed E-state index contributed by atoms with van der Waals surface area (Å²) in [5.74, 6) is 0. The first-order valence-corrected chi connectivity index (χ1v) is 5.88. The van der Waals surface area contributed by atoms with E-state index in [0.717, 1.165) is 5.57 Å². The Bertz CT molecular complexity index is 201. The minimum Gasteiger partial charge on any atom is -0.300 e. The summed E-state index contributed by atoms with van der Waals surface area (Å²) in [5.41, 5.74) is 1.01. The molecule has 0 aromatic heterocycles. The lowest BCUT2D eigenvalue weighted by atomic mass is 10.4. The molecule has 0 aliphatic carbocycles. The van der Waals surface area contributed by atoms with Gasteiger partial charge in [0, 0.05) is 6.20 Å². The molecule has 13 heavy (non-hydrogen) atoms. The van der Waals surface area contributed by atoms with Crippen LogP contribution in [-0.4, -0.2) is 13.2 Å². The lowest BCUT2D eigenvalue weighted by Gasteiger charge is -2.16. The molecule has 0 heterocycles. The molecule has 0 aliphatic heterocycles. The van der Waals surface area contributed by atoms with Gasteiger partial charge in [-0.05, 0) is 27.7 Å². The van der Waals surface area contributed by atoms with Gasteiger partial charge in [0.15, 0.2) is 0 Å². The maximum absolute atomic E-state index is 11.7. The molecule has 78 valence electrons. The van der Waals surface area contributed by atoms with E-state index in [-0.39, 0.29) is 0 Å². The summed E-state index contributed by atoms with van der Waals surface area (Å²) in [6, 6.07) is 0. The third-order valence-corrected chi connectivity index (χ3v) is 2.75. The Morgan fingerprint density at radius 1 is 1.31 bits per heavy atom. The molecule has 0 saturated heterocycles. The van der Waals surface area contributed by atoms with E-state index in [4.69, 9.17) is 9.05 Å². The van der Waals surface area contributed by atoms with Crippen LogP contribution in [0.2, 0.25) is 0 Å². The van der Waals surface area contributed by atoms with Crippen molar-refractivity contribution in [1.29, 1.82) is 0 Å². The SMILES string of the molecule is CCOP(=O)(NC=C(C)C)OCC. The summed E-state index contributed by atoms with van der Waals surface area (Å²) in [4.78, 5) is 0. The smallest absolute Gasteiger partial charge is 0.300 e. The highest BCUT2D eigenvalue weighted by Crippen LogP contribution is 2.43. The second kappa shape index (κ2) is 6.19. The van der Waals surface area contributed by atoms with Crippen molar-refractivity contribution in [3.05, 3.63) is 11.8 Å². The van der Waals surface area contributed by atoms with E-state index in [0.29, 0.717) is 13.2 Å². The largest absolute Gasteiger partial charge is 0.432 e. The lowest BCUT2D eigenvalue weighted by molar-refractivity contribution is 0.214. The zero-order chi connectivity index (χ0) is 10.3. The first-order valence-electron chi connectivity index (χ1n) is 4.34. The van der Waals surface area contributed by atoms with Gasteiger partial charge in [-0.15, -0.1) is 0 Å². The molecule has 0 aliphatic rings. The first-order chi connectivity index (χ1) is 6.04. The standard InChI is InChI=1S/C8H18NO3P/c1-5-11-13(10,12-6-2)9-7-8(3)4/h7H,5-6H2,1-4H3,(H,9,10). The third kappa shape index (κ3) is 5.86. The predicted molar refractivity (Wildman–Crippen MR) is 53.4 cm³/mol. The fourth-order valence-electron chi connectivity index (χ4n) is 0.660. The number of hydrogen-bond donors (Lipinski definition) is 1. The van der Waals surface area contributed by atoms with E-state index in [1.807, 2.05) is 13.8 Å². The van der Waals surface area contributed by atoms with Crippen LogP contribution in [0.3, 0.4) is 0 Å². The van der Waals surface area contributed by atoms with Crippen molar-refractivity contribution in [2.45, 2.75) is 27.7 Å². The fraction of sp³-hybridized carbons (Fsp3) is 0.750. The Labute approximate surface area is 79.9 Å². The van der Waals surface area contributed by atoms with Crippen molar-refractivity contribution >= 4 is 7.75 Å². The molecular formula is C8H18NO3P. The van der Waals surface area contributed by atoms with Crippen LogP contribution < -0.4 is 5.09 Å². The van der Waals surface area contributed by atoms with Crippen molar-refractivity contribution in [3.8, 4) is 0 Å². The van der Waals surface area contributed by atoms with Crippen LogP contribution in [0.1, 0.15) is 27.7 Å². The molecular weight excluding hydrogens is 189 g/mol. The second-order valence-electron chi connectivity index (χ2n) is 2.68. The van der Waals surface area contributed by atoms with Gasteiger partial charge in [0.25, 0.3) is 0 Å². The predicted octanol–water partition coefficient (Wildman–Crippen LogP) is 2.68. The van der Waals surface area contributed by atoms with Gasteiger partial charge in [-0.2, -0.15) is 0 Å². The van der Waals surface area contributed by atoms with Crippen molar-refractivity contribution < 1.29 is 13.6 Å². The molecule has 0 radical (unpaired) electrons. The van der Waals surface area contributed by atoms with E-state index in [2.05, 4.69) is 5.09 Å². The van der Waals surface area contributed by atoms with E-state index < -0.39 is 7.75 Å². The molecule has 0 atom stereocenters. The minimum atomic E-state index is -3.10. The van der Waals surface area contributed by atoms with Crippen LogP contribution in [0.4, 0.5) is 0 Å². The molecule has 0 fully saturated rings. The molecule has 0 spiro atoms. The number of rotatable bonds is 6. The Morgan fingerprint density at radius 2 is 1.77 bits per heavy atom. The van der Waals surface area contributed by atoms with Gasteiger partial charge in [0.2, 0.25) is 0 Å². The maximum Gasteiger partial charge on any atom is 0.432 e. The van der Waals surface area contributed by atoms with Crippen molar-refractivity contribution in [1.82, 2.24) is 5.09 Å². The van der Waals surface area contributed by atoms with Gasteiger partial charge in [0.05, 0.1) is 13.2 Å². The van der Waals surface area contributed by atoms with Crippen LogP contribution in [0.15, 0.2) is 11.8 Å². The Kier molecular flexibility index (Phi) is 6.04. The van der Waals surface area contributed by atoms with E-state index in [1.54, 1.807) is 20.0 Å². The van der Waals surface area contributed by atoms with Crippen molar-refractivity contribution in [2.24, 2.45) is 0 Å². The van der Waals surface area contributed by atoms with Crippen LogP contribution in [0.5, 0.6) is 0 Å². The molecule has 0 bridgehead atoms. The summed E-state index contributed by atoms with van der Waals surface area (Å²) < 4.78 is 21.7. The summed E-state index contributed by atoms with van der Waals surface area (Å²) in [6.45, 7) is 8.07. The van der Waals surface area contributed by atoms with Gasteiger partial charge < -0.3 is 0 Å². The summed E-state index contributed by atoms with van der Waals surface area (Å²) in [6.07, 6.45) is 1.63. The number of allylic oxidation sites excluding steroid dienone is 1. The zero-order valence-corrected chi connectivity index (χ0v) is 9.56. The quantitative estimate of drug-likeness (QED) is 0.680. The van der Waals surface area contributed by atoms with Crippen LogP contribution in [0.25, 0.3) is 0 Å². The first kappa shape index (κ1) is 12.7. The Morgan fingerprint density at radius 3 is 2.08 bits per heavy atom. The minimum absolute atomic E-state index is 0.362. The van der Waals surface area contributed by atoms with Crippen LogP contribution in [-0.2, 0) is 13.6 Å². The molecule has 0 aromatic rings. The van der Waals surface area contributed by atoms with E-state index in [1.165, 1.54) is 0 Å². The molecule has 5 heteroatoms. The molecule has 1 N–H and O–H groups in total. The van der Waals surface area contributed by atoms with Gasteiger partial charge >= 0.3 is 7.75 Å². The summed E-state index contributed by atoms with van der Waals surface area (Å²) in [7, 11) is -3.10. The summed E-state index contributed by atoms with van der Waals surface area (Å²) >= 11 is 0. The van der Waals surface area contributed by atoms with E-state index in [9.17, 15) is 4.57 Å². The second-order valence-corrected chi connectivity index (χ2v) is 4.45. The van der Waals surface area contributed by atoms with Gasteiger partial charge in [-0.3, -0.25) is 14.1 Å². The zero-order valence-electron chi connectivity index (χ0n) is 8.66. The third-order valence-electron chi connectivity index (χ3n) is 1.11. The lowest BCUT2D eigenvalue weighted by Crippen LogP contribution is -2.09. The average Bonchev–Trinajstić information content (AvgIpc) is 2.02. The molecule has 0 aromatic carbocycles. The number of nitrogens with one attached hydrogen (secondary N) is 1. The maximum atomic E-state index is 11.7. The highest BCUT2D eigenvalue weighted by atomic mass is 31.2. The van der Waals surface area contributed by atoms with E-state index >= 15 is 0 Å². The average molecular weight is 207 g/mol.